The molecule has 3 rings (SSSR count). The van der Waals surface area contributed by atoms with Gasteiger partial charge in [0.1, 0.15) is 12.1 Å². The van der Waals surface area contributed by atoms with E-state index in [9.17, 15) is 14.9 Å². The van der Waals surface area contributed by atoms with Gasteiger partial charge in [-0.15, -0.1) is 0 Å². The number of para-hydroxylation sites is 2. The second kappa shape index (κ2) is 6.41. The Morgan fingerprint density at radius 2 is 2.26 bits per heavy atom. The summed E-state index contributed by atoms with van der Waals surface area (Å²) in [7, 11) is 0. The summed E-state index contributed by atoms with van der Waals surface area (Å²) in [5, 5.41) is 12.2. The fraction of sp³-hybridized carbons (Fsp3) is 0.0667. The molecule has 0 saturated carbocycles. The number of hydrogen-bond acceptors (Lipinski definition) is 7. The van der Waals surface area contributed by atoms with Crippen molar-refractivity contribution in [2.75, 3.05) is 0 Å². The third-order valence-corrected chi connectivity index (χ3v) is 3.80. The van der Waals surface area contributed by atoms with Crippen molar-refractivity contribution in [2.45, 2.75) is 6.61 Å². The van der Waals surface area contributed by atoms with E-state index in [1.807, 2.05) is 12.1 Å². The predicted molar refractivity (Wildman–Crippen MR) is 83.8 cm³/mol. The minimum absolute atomic E-state index is 0.0121. The number of hydrogen-bond donors (Lipinski definition) is 0. The standard InChI is InChI=1S/C15H10N2O5S/c18-15(21-8-10-7-14(17(19)20)23-9-10)6-5-13-16-11-3-1-2-4-12(11)22-13/h1-7,9H,8H2. The Morgan fingerprint density at radius 3 is 3.00 bits per heavy atom. The zero-order valence-corrected chi connectivity index (χ0v) is 12.5. The quantitative estimate of drug-likeness (QED) is 0.307. The Labute approximate surface area is 134 Å². The van der Waals surface area contributed by atoms with Crippen LogP contribution < -0.4 is 0 Å². The maximum Gasteiger partial charge on any atom is 0.331 e. The van der Waals surface area contributed by atoms with E-state index in [-0.39, 0.29) is 11.6 Å². The molecule has 2 heterocycles. The molecule has 2 aromatic heterocycles. The topological polar surface area (TPSA) is 95.5 Å². The summed E-state index contributed by atoms with van der Waals surface area (Å²) in [6.45, 7) is -0.0267. The summed E-state index contributed by atoms with van der Waals surface area (Å²) in [5.41, 5.74) is 1.91. The SMILES string of the molecule is O=C(C=Cc1nc2ccccc2o1)OCc1csc([N+](=O)[O-])c1. The van der Waals surface area contributed by atoms with Crippen LogP contribution in [0.3, 0.4) is 0 Å². The smallest absolute Gasteiger partial charge is 0.331 e. The van der Waals surface area contributed by atoms with Gasteiger partial charge >= 0.3 is 11.0 Å². The van der Waals surface area contributed by atoms with Gasteiger partial charge in [0, 0.05) is 29.2 Å². The van der Waals surface area contributed by atoms with Gasteiger partial charge in [-0.1, -0.05) is 23.5 Å². The lowest BCUT2D eigenvalue weighted by atomic mass is 10.3. The Bertz CT molecular complexity index is 863. The molecule has 3 aromatic rings. The highest BCUT2D eigenvalue weighted by atomic mass is 32.1. The highest BCUT2D eigenvalue weighted by Gasteiger charge is 2.10. The molecule has 0 N–H and O–H groups in total. The summed E-state index contributed by atoms with van der Waals surface area (Å²) in [5.74, 6) is -0.282. The van der Waals surface area contributed by atoms with Crippen molar-refractivity contribution >= 4 is 39.5 Å². The lowest BCUT2D eigenvalue weighted by Crippen LogP contribution is -1.99. The maximum absolute atomic E-state index is 11.6. The summed E-state index contributed by atoms with van der Waals surface area (Å²) >= 11 is 0.989. The van der Waals surface area contributed by atoms with E-state index in [1.54, 1.807) is 17.5 Å². The monoisotopic (exact) mass is 330 g/mol. The van der Waals surface area contributed by atoms with E-state index in [0.717, 1.165) is 11.3 Å². The molecule has 0 radical (unpaired) electrons. The highest BCUT2D eigenvalue weighted by Crippen LogP contribution is 2.23. The van der Waals surface area contributed by atoms with Crippen LogP contribution in [0.1, 0.15) is 11.5 Å². The van der Waals surface area contributed by atoms with Crippen molar-refractivity contribution in [3.05, 3.63) is 63.4 Å². The van der Waals surface area contributed by atoms with Gasteiger partial charge in [0.15, 0.2) is 5.58 Å². The van der Waals surface area contributed by atoms with Crippen LogP contribution in [0.4, 0.5) is 5.00 Å². The number of fused-ring (bicyclic) bond motifs is 1. The molecule has 0 saturated heterocycles. The van der Waals surface area contributed by atoms with Crippen LogP contribution in [0.5, 0.6) is 0 Å². The Morgan fingerprint density at radius 1 is 1.43 bits per heavy atom. The van der Waals surface area contributed by atoms with Gasteiger partial charge in [-0.05, 0) is 12.1 Å². The molecule has 1 aromatic carbocycles. The molecular formula is C15H10N2O5S. The lowest BCUT2D eigenvalue weighted by Gasteiger charge is -1.97. The molecule has 0 fully saturated rings. The molecule has 0 amide bonds. The molecule has 0 bridgehead atoms. The molecule has 8 heteroatoms. The first-order chi connectivity index (χ1) is 11.1. The normalized spacial score (nSPS) is 11.1. The first kappa shape index (κ1) is 14.9. The van der Waals surface area contributed by atoms with E-state index in [0.29, 0.717) is 22.6 Å². The van der Waals surface area contributed by atoms with Gasteiger partial charge in [-0.2, -0.15) is 0 Å². The molecule has 0 unspecified atom stereocenters. The molecule has 0 aliphatic heterocycles. The molecule has 116 valence electrons. The van der Waals surface area contributed by atoms with Crippen LogP contribution in [-0.4, -0.2) is 15.9 Å². The zero-order valence-electron chi connectivity index (χ0n) is 11.7. The average Bonchev–Trinajstić information content (AvgIpc) is 3.17. The second-order valence-electron chi connectivity index (χ2n) is 4.51. The fourth-order valence-electron chi connectivity index (χ4n) is 1.84. The van der Waals surface area contributed by atoms with Gasteiger partial charge < -0.3 is 9.15 Å². The van der Waals surface area contributed by atoms with E-state index in [4.69, 9.17) is 9.15 Å². The summed E-state index contributed by atoms with van der Waals surface area (Å²) < 4.78 is 10.4. The third kappa shape index (κ3) is 3.61. The van der Waals surface area contributed by atoms with Crippen molar-refractivity contribution in [2.24, 2.45) is 0 Å². The number of nitrogens with zero attached hydrogens (tertiary/aromatic N) is 2. The maximum atomic E-state index is 11.6. The molecule has 23 heavy (non-hydrogen) atoms. The van der Waals surface area contributed by atoms with Crippen molar-refractivity contribution in [3.8, 4) is 0 Å². The molecule has 0 aliphatic carbocycles. The van der Waals surface area contributed by atoms with Crippen molar-refractivity contribution in [3.63, 3.8) is 0 Å². The minimum Gasteiger partial charge on any atom is -0.458 e. The first-order valence-corrected chi connectivity index (χ1v) is 7.42. The number of ether oxygens (including phenoxy) is 1. The largest absolute Gasteiger partial charge is 0.458 e. The van der Waals surface area contributed by atoms with Crippen LogP contribution >= 0.6 is 11.3 Å². The van der Waals surface area contributed by atoms with Crippen molar-refractivity contribution < 1.29 is 18.9 Å². The van der Waals surface area contributed by atoms with Crippen LogP contribution in [0.15, 0.2) is 46.2 Å². The van der Waals surface area contributed by atoms with Gasteiger partial charge in [0.25, 0.3) is 0 Å². The predicted octanol–water partition coefficient (Wildman–Crippen LogP) is 3.55. The van der Waals surface area contributed by atoms with Crippen molar-refractivity contribution in [1.29, 1.82) is 0 Å². The summed E-state index contributed by atoms with van der Waals surface area (Å²) in [6.07, 6.45) is 2.61. The van der Waals surface area contributed by atoms with E-state index in [2.05, 4.69) is 4.98 Å². The van der Waals surface area contributed by atoms with Crippen LogP contribution in [-0.2, 0) is 16.1 Å². The second-order valence-corrected chi connectivity index (χ2v) is 5.40. The first-order valence-electron chi connectivity index (χ1n) is 6.54. The Kier molecular flexibility index (Phi) is 4.15. The molecular weight excluding hydrogens is 320 g/mol. The van der Waals surface area contributed by atoms with Gasteiger partial charge in [0.2, 0.25) is 5.89 Å². The van der Waals surface area contributed by atoms with Crippen LogP contribution in [0, 0.1) is 10.1 Å². The van der Waals surface area contributed by atoms with Gasteiger partial charge in [0.05, 0.1) is 4.92 Å². The van der Waals surface area contributed by atoms with Gasteiger partial charge in [-0.3, -0.25) is 10.1 Å². The number of nitro groups is 1. The number of aromatic nitrogens is 1. The Balaban J connectivity index is 1.58. The molecule has 0 atom stereocenters. The fourth-order valence-corrected chi connectivity index (χ4v) is 2.55. The number of thiophene rings is 1. The summed E-state index contributed by atoms with van der Waals surface area (Å²) in [4.78, 5) is 25.9. The lowest BCUT2D eigenvalue weighted by molar-refractivity contribution is -0.380. The number of esters is 1. The molecule has 7 nitrogen and oxygen atoms in total. The highest BCUT2D eigenvalue weighted by molar-refractivity contribution is 7.13. The molecule has 0 aliphatic rings. The minimum atomic E-state index is -0.582. The Hall–Kier alpha value is -3.00. The van der Waals surface area contributed by atoms with Crippen LogP contribution in [0.2, 0.25) is 0 Å². The van der Waals surface area contributed by atoms with E-state index >= 15 is 0 Å². The number of oxazole rings is 1. The number of benzene rings is 1. The summed E-state index contributed by atoms with van der Waals surface area (Å²) in [6, 6.07) is 8.63. The van der Waals surface area contributed by atoms with Crippen molar-refractivity contribution in [1.82, 2.24) is 4.98 Å². The van der Waals surface area contributed by atoms with Crippen LogP contribution in [0.25, 0.3) is 17.2 Å². The number of rotatable bonds is 5. The third-order valence-electron chi connectivity index (χ3n) is 2.87. The van der Waals surface area contributed by atoms with E-state index < -0.39 is 10.9 Å². The molecule has 0 spiro atoms. The number of carbonyl (C=O) groups is 1. The van der Waals surface area contributed by atoms with Gasteiger partial charge in [-0.25, -0.2) is 9.78 Å². The number of carbonyl (C=O) groups excluding carboxylic acids is 1. The van der Waals surface area contributed by atoms with E-state index in [1.165, 1.54) is 18.2 Å². The average molecular weight is 330 g/mol. The zero-order chi connectivity index (χ0) is 16.2.